The fourth-order valence-electron chi connectivity index (χ4n) is 3.38. The Morgan fingerprint density at radius 2 is 2.07 bits per heavy atom. The summed E-state index contributed by atoms with van der Waals surface area (Å²) in [6, 6.07) is 7.78. The van der Waals surface area contributed by atoms with E-state index < -0.39 is 0 Å². The van der Waals surface area contributed by atoms with Crippen molar-refractivity contribution in [3.05, 3.63) is 46.2 Å². The molecule has 7 nitrogen and oxygen atoms in total. The van der Waals surface area contributed by atoms with Crippen LogP contribution in [0.4, 0.5) is 0 Å². The van der Waals surface area contributed by atoms with Crippen molar-refractivity contribution in [2.75, 3.05) is 39.6 Å². The number of amides is 1. The molecule has 4 rings (SSSR count). The van der Waals surface area contributed by atoms with E-state index in [0.717, 1.165) is 44.0 Å². The lowest BCUT2D eigenvalue weighted by molar-refractivity contribution is -0.917. The van der Waals surface area contributed by atoms with Gasteiger partial charge in [0.2, 0.25) is 6.79 Å². The summed E-state index contributed by atoms with van der Waals surface area (Å²) in [5.41, 5.74) is 2.94. The van der Waals surface area contributed by atoms with E-state index in [1.54, 1.807) is 11.3 Å². The smallest absolute Gasteiger partial charge is 0.263 e. The van der Waals surface area contributed by atoms with Crippen molar-refractivity contribution in [1.29, 1.82) is 0 Å². The molecule has 2 aliphatic rings. The van der Waals surface area contributed by atoms with Crippen LogP contribution >= 0.6 is 11.3 Å². The van der Waals surface area contributed by atoms with Gasteiger partial charge in [-0.1, -0.05) is 5.16 Å². The van der Waals surface area contributed by atoms with Crippen LogP contribution in [0.25, 0.3) is 0 Å². The van der Waals surface area contributed by atoms with Crippen molar-refractivity contribution in [2.24, 2.45) is 5.16 Å². The molecule has 0 atom stereocenters. The number of hydrogen-bond donors (Lipinski definition) is 1. The van der Waals surface area contributed by atoms with Crippen LogP contribution in [0.15, 0.2) is 40.2 Å². The number of oxime groups is 1. The molecule has 28 heavy (non-hydrogen) atoms. The number of quaternary nitrogens is 1. The van der Waals surface area contributed by atoms with Gasteiger partial charge in [0, 0.05) is 11.1 Å². The third kappa shape index (κ3) is 4.45. The first-order valence-corrected chi connectivity index (χ1v) is 10.3. The van der Waals surface area contributed by atoms with E-state index >= 15 is 0 Å². The fraction of sp³-hybridized carbons (Fsp3) is 0.400. The van der Waals surface area contributed by atoms with Gasteiger partial charge in [0.25, 0.3) is 5.91 Å². The Bertz CT molecular complexity index is 845. The maximum Gasteiger partial charge on any atom is 0.263 e. The highest BCUT2D eigenvalue weighted by atomic mass is 32.1. The van der Waals surface area contributed by atoms with Gasteiger partial charge < -0.3 is 24.1 Å². The average molecular weight is 402 g/mol. The van der Waals surface area contributed by atoms with E-state index in [1.807, 2.05) is 30.0 Å². The first-order chi connectivity index (χ1) is 13.7. The predicted molar refractivity (Wildman–Crippen MR) is 106 cm³/mol. The van der Waals surface area contributed by atoms with Crippen molar-refractivity contribution in [3.8, 4) is 11.5 Å². The molecule has 1 fully saturated rings. The summed E-state index contributed by atoms with van der Waals surface area (Å²) < 4.78 is 10.7. The van der Waals surface area contributed by atoms with E-state index in [-0.39, 0.29) is 19.3 Å². The molecular formula is C20H24N3O4S+. The molecule has 1 aromatic heterocycles. The van der Waals surface area contributed by atoms with Crippen LogP contribution in [-0.4, -0.2) is 56.1 Å². The number of nitrogens with zero attached hydrogens (tertiary/aromatic N) is 2. The van der Waals surface area contributed by atoms with Gasteiger partial charge in [-0.05, 0) is 41.9 Å². The highest BCUT2D eigenvalue weighted by Gasteiger charge is 2.24. The Labute approximate surface area is 168 Å². The zero-order chi connectivity index (χ0) is 19.3. The Balaban J connectivity index is 1.23. The number of hydrogen-bond acceptors (Lipinski definition) is 6. The maximum absolute atomic E-state index is 12.4. The third-order valence-electron chi connectivity index (χ3n) is 5.04. The van der Waals surface area contributed by atoms with Crippen molar-refractivity contribution in [2.45, 2.75) is 13.5 Å². The van der Waals surface area contributed by atoms with Crippen molar-refractivity contribution >= 4 is 23.0 Å². The van der Waals surface area contributed by atoms with E-state index in [4.69, 9.17) is 14.3 Å². The van der Waals surface area contributed by atoms with Crippen LogP contribution in [0.2, 0.25) is 0 Å². The quantitative estimate of drug-likeness (QED) is 0.582. The number of thiophene rings is 1. The summed E-state index contributed by atoms with van der Waals surface area (Å²) in [4.78, 5) is 21.1. The van der Waals surface area contributed by atoms with Gasteiger partial charge in [0.05, 0.1) is 31.9 Å². The Morgan fingerprint density at radius 3 is 2.86 bits per heavy atom. The van der Waals surface area contributed by atoms with Gasteiger partial charge in [-0.15, -0.1) is 0 Å². The lowest BCUT2D eigenvalue weighted by Crippen LogP contribution is -3.13. The predicted octanol–water partition coefficient (Wildman–Crippen LogP) is 1.14. The number of piperazine rings is 1. The number of fused-ring (bicyclic) bond motifs is 1. The molecule has 1 saturated heterocycles. The molecule has 1 N–H and O–H groups in total. The summed E-state index contributed by atoms with van der Waals surface area (Å²) in [6.07, 6.45) is 0. The summed E-state index contributed by atoms with van der Waals surface area (Å²) in [7, 11) is 0. The molecule has 2 aromatic rings. The first kappa shape index (κ1) is 18.8. The van der Waals surface area contributed by atoms with E-state index in [0.29, 0.717) is 11.5 Å². The molecule has 0 radical (unpaired) electrons. The number of carbonyl (C=O) groups excluding carboxylic acids is 1. The molecule has 0 bridgehead atoms. The molecule has 0 saturated carbocycles. The normalized spacial score (nSPS) is 17.0. The zero-order valence-electron chi connectivity index (χ0n) is 15.8. The van der Waals surface area contributed by atoms with Crippen molar-refractivity contribution < 1.29 is 24.0 Å². The summed E-state index contributed by atoms with van der Waals surface area (Å²) in [5.74, 6) is 1.41. The molecule has 1 aromatic carbocycles. The van der Waals surface area contributed by atoms with Crippen molar-refractivity contribution in [3.63, 3.8) is 0 Å². The van der Waals surface area contributed by atoms with E-state index in [9.17, 15) is 4.79 Å². The number of carbonyl (C=O) groups is 1. The third-order valence-corrected chi connectivity index (χ3v) is 5.77. The van der Waals surface area contributed by atoms with Gasteiger partial charge >= 0.3 is 0 Å². The minimum Gasteiger partial charge on any atom is -0.454 e. The summed E-state index contributed by atoms with van der Waals surface area (Å²) in [5, 5.41) is 8.39. The Kier molecular flexibility index (Phi) is 5.78. The van der Waals surface area contributed by atoms with E-state index in [1.165, 1.54) is 10.5 Å². The highest BCUT2D eigenvalue weighted by molar-refractivity contribution is 7.07. The molecule has 2 aliphatic heterocycles. The molecule has 1 amide bonds. The maximum atomic E-state index is 12.4. The average Bonchev–Trinajstić information content (AvgIpc) is 3.39. The van der Waals surface area contributed by atoms with Crippen molar-refractivity contribution in [1.82, 2.24) is 4.90 Å². The van der Waals surface area contributed by atoms with Gasteiger partial charge in [0.15, 0.2) is 18.1 Å². The minimum absolute atomic E-state index is 0.0168. The second-order valence-electron chi connectivity index (χ2n) is 6.96. The molecule has 8 heteroatoms. The lowest BCUT2D eigenvalue weighted by Gasteiger charge is -2.31. The van der Waals surface area contributed by atoms with Crippen LogP contribution in [0.1, 0.15) is 18.1 Å². The number of nitrogens with one attached hydrogen (secondary N) is 1. The topological polar surface area (TPSA) is 64.8 Å². The molecule has 3 heterocycles. The molecule has 0 unspecified atom stereocenters. The molecule has 0 spiro atoms. The minimum atomic E-state index is -0.0399. The summed E-state index contributed by atoms with van der Waals surface area (Å²) >= 11 is 1.73. The zero-order valence-corrected chi connectivity index (χ0v) is 16.7. The van der Waals surface area contributed by atoms with Gasteiger partial charge in [-0.25, -0.2) is 0 Å². The summed E-state index contributed by atoms with van der Waals surface area (Å²) in [6.45, 7) is 6.50. The van der Waals surface area contributed by atoms with Crippen LogP contribution in [0.5, 0.6) is 11.5 Å². The molecular weight excluding hydrogens is 378 g/mol. The highest BCUT2D eigenvalue weighted by Crippen LogP contribution is 2.32. The van der Waals surface area contributed by atoms with Crippen LogP contribution in [0, 0.1) is 0 Å². The lowest BCUT2D eigenvalue weighted by atomic mass is 10.1. The van der Waals surface area contributed by atoms with Crippen LogP contribution in [-0.2, 0) is 16.2 Å². The van der Waals surface area contributed by atoms with Crippen LogP contribution in [0.3, 0.4) is 0 Å². The van der Waals surface area contributed by atoms with Gasteiger partial charge in [0.1, 0.15) is 6.54 Å². The Morgan fingerprint density at radius 1 is 1.25 bits per heavy atom. The second-order valence-corrected chi connectivity index (χ2v) is 7.74. The number of rotatable bonds is 6. The Hall–Kier alpha value is -2.58. The number of benzene rings is 1. The standard InChI is InChI=1S/C20H23N3O4S/c1-15(17-2-3-18-19(10-17)26-14-25-18)21-27-12-20(24)23-7-5-22(6-8-23)11-16-4-9-28-13-16/h2-4,9-10,13H,5-8,11-12,14H2,1H3/p+1/b21-15-. The van der Waals surface area contributed by atoms with Crippen LogP contribution < -0.4 is 14.4 Å². The van der Waals surface area contributed by atoms with E-state index in [2.05, 4.69) is 22.0 Å². The SMILES string of the molecule is C/C(=N/OCC(=O)N1CC[NH+](Cc2ccsc2)CC1)c1ccc2c(c1)OCO2. The largest absolute Gasteiger partial charge is 0.454 e. The number of ether oxygens (including phenoxy) is 2. The first-order valence-electron chi connectivity index (χ1n) is 9.38. The fourth-order valence-corrected chi connectivity index (χ4v) is 4.05. The molecule has 0 aliphatic carbocycles. The second kappa shape index (κ2) is 8.62. The monoisotopic (exact) mass is 402 g/mol. The molecule has 148 valence electrons. The van der Waals surface area contributed by atoms with Gasteiger partial charge in [-0.3, -0.25) is 4.79 Å². The van der Waals surface area contributed by atoms with Gasteiger partial charge in [-0.2, -0.15) is 11.3 Å².